The van der Waals surface area contributed by atoms with Crippen LogP contribution in [0, 0.1) is 0 Å². The van der Waals surface area contributed by atoms with E-state index in [2.05, 4.69) is 25.9 Å². The number of rotatable bonds is 8. The van der Waals surface area contributed by atoms with Gasteiger partial charge in [0.15, 0.2) is 17.5 Å². The lowest BCUT2D eigenvalue weighted by Gasteiger charge is -2.12. The number of nitrogens with zero attached hydrogens (tertiary/aromatic N) is 2. The molecule has 2 aromatic rings. The van der Waals surface area contributed by atoms with Gasteiger partial charge in [-0.2, -0.15) is 0 Å². The summed E-state index contributed by atoms with van der Waals surface area (Å²) in [5.41, 5.74) is 1.61. The highest BCUT2D eigenvalue weighted by Gasteiger charge is 2.06. The number of pyridine rings is 1. The van der Waals surface area contributed by atoms with E-state index in [0.717, 1.165) is 5.56 Å². The van der Waals surface area contributed by atoms with Crippen LogP contribution in [0.4, 0.5) is 5.69 Å². The lowest BCUT2D eigenvalue weighted by molar-refractivity contribution is -0.115. The largest absolute Gasteiger partial charge is 0.493 e. The second-order valence-electron chi connectivity index (χ2n) is 5.53. The van der Waals surface area contributed by atoms with Gasteiger partial charge in [-0.1, -0.05) is 6.07 Å². The molecule has 9 heteroatoms. The minimum Gasteiger partial charge on any atom is -0.493 e. The lowest BCUT2D eigenvalue weighted by Crippen LogP contribution is -2.41. The Labute approximate surface area is 182 Å². The maximum absolute atomic E-state index is 12.0. The van der Waals surface area contributed by atoms with Crippen molar-refractivity contribution in [1.82, 2.24) is 15.6 Å². The van der Waals surface area contributed by atoms with Crippen LogP contribution < -0.4 is 25.4 Å². The Morgan fingerprint density at radius 3 is 2.57 bits per heavy atom. The number of methoxy groups -OCH3 is 2. The molecule has 0 radical (unpaired) electrons. The van der Waals surface area contributed by atoms with Crippen LogP contribution in [0.15, 0.2) is 47.7 Å². The fourth-order valence-electron chi connectivity index (χ4n) is 2.30. The summed E-state index contributed by atoms with van der Waals surface area (Å²) in [4.78, 5) is 20.5. The Morgan fingerprint density at radius 1 is 1.14 bits per heavy atom. The van der Waals surface area contributed by atoms with Crippen LogP contribution in [-0.4, -0.2) is 44.2 Å². The van der Waals surface area contributed by atoms with Crippen molar-refractivity contribution in [3.8, 4) is 11.5 Å². The Kier molecular flexibility index (Phi) is 10.7. The van der Waals surface area contributed by atoms with Crippen LogP contribution in [0.1, 0.15) is 12.5 Å². The second kappa shape index (κ2) is 12.8. The molecule has 1 heterocycles. The Hall–Kier alpha value is -2.56. The molecule has 3 N–H and O–H groups in total. The summed E-state index contributed by atoms with van der Waals surface area (Å²) in [6, 6.07) is 9.18. The molecule has 0 saturated heterocycles. The Balaban J connectivity index is 0.00000392. The van der Waals surface area contributed by atoms with Crippen molar-refractivity contribution in [2.75, 3.05) is 32.6 Å². The maximum Gasteiger partial charge on any atom is 0.243 e. The van der Waals surface area contributed by atoms with E-state index >= 15 is 0 Å². The van der Waals surface area contributed by atoms with Gasteiger partial charge in [0.05, 0.1) is 39.2 Å². The fraction of sp³-hybridized carbons (Fsp3) is 0.316. The number of benzene rings is 1. The van der Waals surface area contributed by atoms with E-state index in [0.29, 0.717) is 36.2 Å². The van der Waals surface area contributed by atoms with Gasteiger partial charge in [0.2, 0.25) is 5.91 Å². The van der Waals surface area contributed by atoms with E-state index in [1.165, 1.54) is 0 Å². The van der Waals surface area contributed by atoms with Gasteiger partial charge in [0, 0.05) is 12.7 Å². The van der Waals surface area contributed by atoms with E-state index in [1.54, 1.807) is 38.7 Å². The molecule has 1 amide bonds. The summed E-state index contributed by atoms with van der Waals surface area (Å²) < 4.78 is 10.5. The number of aromatic nitrogens is 1. The monoisotopic (exact) mass is 499 g/mol. The first kappa shape index (κ1) is 23.5. The smallest absolute Gasteiger partial charge is 0.243 e. The van der Waals surface area contributed by atoms with Gasteiger partial charge in [0.1, 0.15) is 0 Å². The third kappa shape index (κ3) is 7.59. The van der Waals surface area contributed by atoms with Crippen molar-refractivity contribution in [3.63, 3.8) is 0 Å². The Morgan fingerprint density at radius 2 is 1.93 bits per heavy atom. The molecule has 0 aliphatic heterocycles. The zero-order valence-electron chi connectivity index (χ0n) is 16.2. The van der Waals surface area contributed by atoms with Crippen molar-refractivity contribution in [2.24, 2.45) is 4.99 Å². The number of nitrogens with one attached hydrogen (secondary N) is 3. The molecule has 0 bridgehead atoms. The molecule has 0 atom stereocenters. The number of carbonyl (C=O) groups is 1. The van der Waals surface area contributed by atoms with Gasteiger partial charge in [-0.15, -0.1) is 24.0 Å². The van der Waals surface area contributed by atoms with E-state index in [4.69, 9.17) is 9.47 Å². The first-order chi connectivity index (χ1) is 13.2. The van der Waals surface area contributed by atoms with Crippen molar-refractivity contribution in [1.29, 1.82) is 0 Å². The van der Waals surface area contributed by atoms with E-state index < -0.39 is 0 Å². The lowest BCUT2D eigenvalue weighted by atomic mass is 10.2. The van der Waals surface area contributed by atoms with Crippen LogP contribution in [0.3, 0.4) is 0 Å². The van der Waals surface area contributed by atoms with Crippen molar-refractivity contribution in [2.45, 2.75) is 13.5 Å². The highest BCUT2D eigenvalue weighted by Crippen LogP contribution is 2.27. The van der Waals surface area contributed by atoms with Crippen LogP contribution in [-0.2, 0) is 11.3 Å². The van der Waals surface area contributed by atoms with Gasteiger partial charge in [-0.05, 0) is 36.8 Å². The predicted octanol–water partition coefficient (Wildman–Crippen LogP) is 2.41. The highest BCUT2D eigenvalue weighted by atomic mass is 127. The SMILES string of the molecule is CCNC(=NCc1ccc(OC)c(OC)c1)NCC(=O)Nc1cccnc1.I. The molecule has 8 nitrogen and oxygen atoms in total. The third-order valence-electron chi connectivity index (χ3n) is 3.57. The summed E-state index contributed by atoms with van der Waals surface area (Å²) >= 11 is 0. The molecule has 152 valence electrons. The normalized spacial score (nSPS) is 10.5. The third-order valence-corrected chi connectivity index (χ3v) is 3.57. The molecular weight excluding hydrogens is 473 g/mol. The number of amides is 1. The molecule has 0 saturated carbocycles. The van der Waals surface area contributed by atoms with Crippen molar-refractivity contribution < 1.29 is 14.3 Å². The van der Waals surface area contributed by atoms with Gasteiger partial charge < -0.3 is 25.4 Å². The number of anilines is 1. The van der Waals surface area contributed by atoms with E-state index in [9.17, 15) is 4.79 Å². The van der Waals surface area contributed by atoms with Crippen molar-refractivity contribution >= 4 is 41.5 Å². The fourth-order valence-corrected chi connectivity index (χ4v) is 2.30. The quantitative estimate of drug-likeness (QED) is 0.293. The first-order valence-corrected chi connectivity index (χ1v) is 8.59. The Bertz CT molecular complexity index is 771. The second-order valence-corrected chi connectivity index (χ2v) is 5.53. The molecule has 1 aromatic carbocycles. The molecule has 0 spiro atoms. The maximum atomic E-state index is 12.0. The number of guanidine groups is 1. The number of hydrogen-bond acceptors (Lipinski definition) is 5. The number of ether oxygens (including phenoxy) is 2. The van der Waals surface area contributed by atoms with Gasteiger partial charge in [-0.3, -0.25) is 9.78 Å². The molecule has 1 aromatic heterocycles. The molecule has 0 fully saturated rings. The molecular formula is C19H26IN5O3. The van der Waals surface area contributed by atoms with Gasteiger partial charge in [-0.25, -0.2) is 4.99 Å². The molecule has 28 heavy (non-hydrogen) atoms. The van der Waals surface area contributed by atoms with Gasteiger partial charge in [0.25, 0.3) is 0 Å². The summed E-state index contributed by atoms with van der Waals surface area (Å²) in [5, 5.41) is 8.89. The van der Waals surface area contributed by atoms with E-state index in [1.807, 2.05) is 25.1 Å². The summed E-state index contributed by atoms with van der Waals surface area (Å²) in [6.45, 7) is 3.16. The van der Waals surface area contributed by atoms with Crippen molar-refractivity contribution in [3.05, 3.63) is 48.3 Å². The average molecular weight is 499 g/mol. The molecule has 0 unspecified atom stereocenters. The van der Waals surface area contributed by atoms with Crippen LogP contribution in [0.2, 0.25) is 0 Å². The standard InChI is InChI=1S/C19H25N5O3.HI/c1-4-21-19(23-13-18(25)24-15-6-5-9-20-12-15)22-11-14-7-8-16(26-2)17(10-14)27-3;/h5-10,12H,4,11,13H2,1-3H3,(H,24,25)(H2,21,22,23);1H. The number of halogens is 1. The minimum absolute atomic E-state index is 0. The number of hydrogen-bond donors (Lipinski definition) is 3. The summed E-state index contributed by atoms with van der Waals surface area (Å²) in [5.74, 6) is 1.69. The van der Waals surface area contributed by atoms with Crippen LogP contribution >= 0.6 is 24.0 Å². The topological polar surface area (TPSA) is 96.9 Å². The summed E-state index contributed by atoms with van der Waals surface area (Å²) in [7, 11) is 3.19. The van der Waals surface area contributed by atoms with Crippen LogP contribution in [0.25, 0.3) is 0 Å². The van der Waals surface area contributed by atoms with Crippen LogP contribution in [0.5, 0.6) is 11.5 Å². The minimum atomic E-state index is -0.181. The zero-order chi connectivity index (χ0) is 19.5. The predicted molar refractivity (Wildman–Crippen MR) is 121 cm³/mol. The number of carbonyl (C=O) groups excluding carboxylic acids is 1. The highest BCUT2D eigenvalue weighted by molar-refractivity contribution is 14.0. The molecule has 2 rings (SSSR count). The average Bonchev–Trinajstić information content (AvgIpc) is 2.70. The first-order valence-electron chi connectivity index (χ1n) is 8.59. The van der Waals surface area contributed by atoms with E-state index in [-0.39, 0.29) is 36.4 Å². The molecule has 0 aliphatic carbocycles. The van der Waals surface area contributed by atoms with Gasteiger partial charge >= 0.3 is 0 Å². The number of aliphatic imine (C=N–C) groups is 1. The zero-order valence-corrected chi connectivity index (χ0v) is 18.5. The summed E-state index contributed by atoms with van der Waals surface area (Å²) in [6.07, 6.45) is 3.24. The molecule has 0 aliphatic rings.